The summed E-state index contributed by atoms with van der Waals surface area (Å²) in [6, 6.07) is 0. The van der Waals surface area contributed by atoms with Gasteiger partial charge in [0.05, 0.1) is 5.69 Å². The molecule has 7 heteroatoms. The largest absolute Gasteiger partial charge is 0.448 e. The predicted molar refractivity (Wildman–Crippen MR) is 55.1 cm³/mol. The zero-order valence-corrected chi connectivity index (χ0v) is 9.06. The number of nitrogen functional groups attached to an aromatic ring is 1. The molecule has 5 nitrogen and oxygen atoms in total. The molecular formula is C7H8N4OS2. The minimum atomic E-state index is 0.490. The molecule has 14 heavy (non-hydrogen) atoms. The molecule has 0 atom stereocenters. The van der Waals surface area contributed by atoms with Gasteiger partial charge in [-0.2, -0.15) is 0 Å². The first-order chi connectivity index (χ1) is 6.75. The van der Waals surface area contributed by atoms with Gasteiger partial charge in [0.1, 0.15) is 5.76 Å². The fourth-order valence-electron chi connectivity index (χ4n) is 0.876. The molecule has 2 rings (SSSR count). The molecule has 2 heterocycles. The van der Waals surface area contributed by atoms with Crippen molar-refractivity contribution in [3.8, 4) is 0 Å². The molecule has 2 N–H and O–H groups in total. The first kappa shape index (κ1) is 9.47. The molecule has 0 unspecified atom stereocenters. The average Bonchev–Trinajstić information content (AvgIpc) is 2.72. The van der Waals surface area contributed by atoms with E-state index in [4.69, 9.17) is 10.2 Å². The molecule has 0 spiro atoms. The van der Waals surface area contributed by atoms with E-state index in [0.29, 0.717) is 5.13 Å². The molecule has 0 bridgehead atoms. The van der Waals surface area contributed by atoms with Crippen LogP contribution in [-0.4, -0.2) is 15.2 Å². The number of nitrogens with two attached hydrogens (primary N) is 1. The first-order valence-corrected chi connectivity index (χ1v) is 5.66. The highest BCUT2D eigenvalue weighted by Crippen LogP contribution is 2.27. The van der Waals surface area contributed by atoms with Gasteiger partial charge in [0.2, 0.25) is 5.13 Å². The molecule has 74 valence electrons. The van der Waals surface area contributed by atoms with Gasteiger partial charge in [-0.15, -0.1) is 10.2 Å². The SMILES string of the molecule is Cc1ocnc1CSc1nnc(N)s1. The molecule has 0 fully saturated rings. The van der Waals surface area contributed by atoms with Gasteiger partial charge in [0.25, 0.3) is 0 Å². The molecule has 0 saturated heterocycles. The van der Waals surface area contributed by atoms with Crippen LogP contribution in [0.25, 0.3) is 0 Å². The van der Waals surface area contributed by atoms with E-state index in [1.54, 1.807) is 11.8 Å². The number of aryl methyl sites for hydroxylation is 1. The van der Waals surface area contributed by atoms with Gasteiger partial charge < -0.3 is 10.2 Å². The van der Waals surface area contributed by atoms with Gasteiger partial charge in [0, 0.05) is 5.75 Å². The third-order valence-electron chi connectivity index (χ3n) is 1.60. The van der Waals surface area contributed by atoms with Crippen molar-refractivity contribution in [2.45, 2.75) is 17.0 Å². The summed E-state index contributed by atoms with van der Waals surface area (Å²) in [5, 5.41) is 8.10. The van der Waals surface area contributed by atoms with Crippen LogP contribution in [0.1, 0.15) is 11.5 Å². The van der Waals surface area contributed by atoms with Gasteiger partial charge in [-0.25, -0.2) is 4.98 Å². The smallest absolute Gasteiger partial charge is 0.203 e. The van der Waals surface area contributed by atoms with Crippen LogP contribution in [0.15, 0.2) is 15.2 Å². The molecule has 2 aromatic rings. The summed E-state index contributed by atoms with van der Waals surface area (Å²) >= 11 is 2.93. The van der Waals surface area contributed by atoms with E-state index >= 15 is 0 Å². The number of thioether (sulfide) groups is 1. The van der Waals surface area contributed by atoms with E-state index in [-0.39, 0.29) is 0 Å². The number of hydrogen-bond donors (Lipinski definition) is 1. The van der Waals surface area contributed by atoms with Crippen molar-refractivity contribution in [3.63, 3.8) is 0 Å². The molecule has 0 radical (unpaired) electrons. The average molecular weight is 228 g/mol. The fraction of sp³-hybridized carbons (Fsp3) is 0.286. The molecule has 0 saturated carbocycles. The standard InChI is InChI=1S/C7H8N4OS2/c1-4-5(9-3-12-4)2-13-7-11-10-6(8)14-7/h3H,2H2,1H3,(H2,8,10). The predicted octanol–water partition coefficient (Wildman–Crippen LogP) is 1.71. The quantitative estimate of drug-likeness (QED) is 0.806. The topological polar surface area (TPSA) is 77.8 Å². The monoisotopic (exact) mass is 228 g/mol. The van der Waals surface area contributed by atoms with Crippen LogP contribution in [0, 0.1) is 6.92 Å². The number of hydrogen-bond acceptors (Lipinski definition) is 7. The number of nitrogens with zero attached hydrogens (tertiary/aromatic N) is 3. The first-order valence-electron chi connectivity index (χ1n) is 3.86. The Hall–Kier alpha value is -1.08. The molecule has 2 aromatic heterocycles. The Bertz CT molecular complexity index is 425. The summed E-state index contributed by atoms with van der Waals surface area (Å²) in [7, 11) is 0. The van der Waals surface area contributed by atoms with Crippen molar-refractivity contribution >= 4 is 28.2 Å². The maximum Gasteiger partial charge on any atom is 0.203 e. The molecular weight excluding hydrogens is 220 g/mol. The zero-order chi connectivity index (χ0) is 9.97. The molecule has 0 aliphatic heterocycles. The van der Waals surface area contributed by atoms with Crippen LogP contribution >= 0.6 is 23.1 Å². The second kappa shape index (κ2) is 3.97. The second-order valence-electron chi connectivity index (χ2n) is 2.55. The summed E-state index contributed by atoms with van der Waals surface area (Å²) in [6.07, 6.45) is 1.44. The lowest BCUT2D eigenvalue weighted by molar-refractivity contribution is 0.525. The summed E-state index contributed by atoms with van der Waals surface area (Å²) in [5.41, 5.74) is 6.39. The molecule has 0 aromatic carbocycles. The van der Waals surface area contributed by atoms with Crippen molar-refractivity contribution in [2.75, 3.05) is 5.73 Å². The highest BCUT2D eigenvalue weighted by molar-refractivity contribution is 8.00. The van der Waals surface area contributed by atoms with Crippen LogP contribution in [0.2, 0.25) is 0 Å². The van der Waals surface area contributed by atoms with E-state index < -0.39 is 0 Å². The van der Waals surface area contributed by atoms with Crippen LogP contribution in [-0.2, 0) is 5.75 Å². The van der Waals surface area contributed by atoms with Crippen molar-refractivity contribution < 1.29 is 4.42 Å². The van der Waals surface area contributed by atoms with Gasteiger partial charge in [-0.1, -0.05) is 23.1 Å². The van der Waals surface area contributed by atoms with Crippen molar-refractivity contribution in [3.05, 3.63) is 17.8 Å². The van der Waals surface area contributed by atoms with Gasteiger partial charge in [-0.3, -0.25) is 0 Å². The lowest BCUT2D eigenvalue weighted by Crippen LogP contribution is -1.83. The minimum Gasteiger partial charge on any atom is -0.448 e. The summed E-state index contributed by atoms with van der Waals surface area (Å²) in [4.78, 5) is 4.08. The fourth-order valence-corrected chi connectivity index (χ4v) is 2.52. The van der Waals surface area contributed by atoms with E-state index in [1.807, 2.05) is 6.92 Å². The zero-order valence-electron chi connectivity index (χ0n) is 7.43. The minimum absolute atomic E-state index is 0.490. The Kier molecular flexibility index (Phi) is 2.69. The second-order valence-corrected chi connectivity index (χ2v) is 4.78. The van der Waals surface area contributed by atoms with Crippen LogP contribution in [0.5, 0.6) is 0 Å². The number of rotatable bonds is 3. The van der Waals surface area contributed by atoms with Crippen molar-refractivity contribution in [1.82, 2.24) is 15.2 Å². The van der Waals surface area contributed by atoms with Gasteiger partial charge in [-0.05, 0) is 6.92 Å². The number of anilines is 1. The van der Waals surface area contributed by atoms with E-state index in [1.165, 1.54) is 17.7 Å². The van der Waals surface area contributed by atoms with E-state index in [9.17, 15) is 0 Å². The summed E-state index contributed by atoms with van der Waals surface area (Å²) < 4.78 is 5.93. The van der Waals surface area contributed by atoms with Crippen molar-refractivity contribution in [1.29, 1.82) is 0 Å². The van der Waals surface area contributed by atoms with E-state index in [0.717, 1.165) is 21.5 Å². The lowest BCUT2D eigenvalue weighted by atomic mass is 10.4. The summed E-state index contributed by atoms with van der Waals surface area (Å²) in [6.45, 7) is 1.89. The lowest BCUT2D eigenvalue weighted by Gasteiger charge is -1.92. The Morgan fingerprint density at radius 3 is 3.00 bits per heavy atom. The highest BCUT2D eigenvalue weighted by Gasteiger charge is 2.06. The third kappa shape index (κ3) is 2.05. The summed E-state index contributed by atoms with van der Waals surface area (Å²) in [5.74, 6) is 1.58. The van der Waals surface area contributed by atoms with Crippen LogP contribution < -0.4 is 5.73 Å². The third-order valence-corrected chi connectivity index (χ3v) is 3.50. The maximum absolute atomic E-state index is 5.45. The molecule has 0 aliphatic rings. The highest BCUT2D eigenvalue weighted by atomic mass is 32.2. The van der Waals surface area contributed by atoms with Crippen molar-refractivity contribution in [2.24, 2.45) is 0 Å². The number of oxazole rings is 1. The van der Waals surface area contributed by atoms with Crippen LogP contribution in [0.3, 0.4) is 0 Å². The Morgan fingerprint density at radius 1 is 1.57 bits per heavy atom. The number of aromatic nitrogens is 3. The van der Waals surface area contributed by atoms with Crippen LogP contribution in [0.4, 0.5) is 5.13 Å². The normalized spacial score (nSPS) is 10.6. The Labute approximate surface area is 88.7 Å². The van der Waals surface area contributed by atoms with E-state index in [2.05, 4.69) is 15.2 Å². The molecule has 0 aliphatic carbocycles. The molecule has 0 amide bonds. The van der Waals surface area contributed by atoms with Gasteiger partial charge in [0.15, 0.2) is 10.7 Å². The Morgan fingerprint density at radius 2 is 2.43 bits per heavy atom. The Balaban J connectivity index is 1.98. The maximum atomic E-state index is 5.45. The van der Waals surface area contributed by atoms with Gasteiger partial charge >= 0.3 is 0 Å².